The number of hydrogen-bond acceptors (Lipinski definition) is 5. The second-order valence-corrected chi connectivity index (χ2v) is 7.21. The smallest absolute Gasteiger partial charge is 0.338 e. The Morgan fingerprint density at radius 1 is 1.23 bits per heavy atom. The maximum Gasteiger partial charge on any atom is 0.338 e. The molecule has 0 N–H and O–H groups in total. The summed E-state index contributed by atoms with van der Waals surface area (Å²) in [6.07, 6.45) is 4.69. The molecular formula is C16H22O5S. The minimum Gasteiger partial charge on any atom is -0.462 e. The minimum absolute atomic E-state index is 0.197. The summed E-state index contributed by atoms with van der Waals surface area (Å²) in [5, 5.41) is 0. The third-order valence-electron chi connectivity index (χ3n) is 3.86. The summed E-state index contributed by atoms with van der Waals surface area (Å²) < 4.78 is 33.3. The summed E-state index contributed by atoms with van der Waals surface area (Å²) in [4.78, 5) is 11.7. The first-order chi connectivity index (χ1) is 10.4. The molecule has 0 bridgehead atoms. The van der Waals surface area contributed by atoms with Gasteiger partial charge in [0.1, 0.15) is 6.10 Å². The highest BCUT2D eigenvalue weighted by atomic mass is 32.2. The fraction of sp³-hybridized carbons (Fsp3) is 0.562. The van der Waals surface area contributed by atoms with Gasteiger partial charge in [0.25, 0.3) is 10.1 Å². The van der Waals surface area contributed by atoms with E-state index in [0.29, 0.717) is 12.2 Å². The molecule has 122 valence electrons. The molecular weight excluding hydrogens is 304 g/mol. The SMILES string of the molecule is CCOC(=O)c1ccc(C(OS(C)(=O)=O)C2CCCC2)cc1. The predicted molar refractivity (Wildman–Crippen MR) is 83.0 cm³/mol. The highest BCUT2D eigenvalue weighted by molar-refractivity contribution is 7.86. The van der Waals surface area contributed by atoms with E-state index in [4.69, 9.17) is 8.92 Å². The van der Waals surface area contributed by atoms with Crippen molar-refractivity contribution >= 4 is 16.1 Å². The van der Waals surface area contributed by atoms with Crippen LogP contribution in [0.15, 0.2) is 24.3 Å². The van der Waals surface area contributed by atoms with Gasteiger partial charge in [0.2, 0.25) is 0 Å². The standard InChI is InChI=1S/C16H22O5S/c1-3-20-16(17)14-10-8-13(9-11-14)15(21-22(2,18)19)12-6-4-5-7-12/h8-12,15H,3-7H2,1-2H3. The number of carbonyl (C=O) groups excluding carboxylic acids is 1. The molecule has 5 nitrogen and oxygen atoms in total. The van der Waals surface area contributed by atoms with Crippen molar-refractivity contribution in [2.45, 2.75) is 38.7 Å². The first-order valence-corrected chi connectivity index (χ1v) is 9.37. The molecule has 0 amide bonds. The molecule has 1 aliphatic rings. The van der Waals surface area contributed by atoms with Crippen molar-refractivity contribution in [2.75, 3.05) is 12.9 Å². The van der Waals surface area contributed by atoms with Gasteiger partial charge in [0, 0.05) is 0 Å². The van der Waals surface area contributed by atoms with Gasteiger partial charge in [0.05, 0.1) is 18.4 Å². The van der Waals surface area contributed by atoms with Crippen molar-refractivity contribution in [3.05, 3.63) is 35.4 Å². The van der Waals surface area contributed by atoms with Gasteiger partial charge in [-0.25, -0.2) is 4.79 Å². The van der Waals surface area contributed by atoms with Crippen molar-refractivity contribution in [1.29, 1.82) is 0 Å². The highest BCUT2D eigenvalue weighted by Gasteiger charge is 2.30. The van der Waals surface area contributed by atoms with Gasteiger partial charge in [-0.05, 0) is 43.4 Å². The molecule has 1 aliphatic carbocycles. The maximum absolute atomic E-state index is 11.7. The molecule has 0 aromatic heterocycles. The van der Waals surface area contributed by atoms with Crippen LogP contribution in [0.4, 0.5) is 0 Å². The lowest BCUT2D eigenvalue weighted by atomic mass is 9.94. The normalized spacial score (nSPS) is 17.4. The Morgan fingerprint density at radius 3 is 2.32 bits per heavy atom. The number of ether oxygens (including phenoxy) is 1. The molecule has 0 heterocycles. The molecule has 0 spiro atoms. The van der Waals surface area contributed by atoms with E-state index in [0.717, 1.165) is 37.5 Å². The molecule has 6 heteroatoms. The third kappa shape index (κ3) is 4.55. The molecule has 0 aliphatic heterocycles. The number of benzene rings is 1. The molecule has 0 saturated heterocycles. The van der Waals surface area contributed by atoms with E-state index in [-0.39, 0.29) is 11.9 Å². The van der Waals surface area contributed by atoms with E-state index in [1.54, 1.807) is 31.2 Å². The molecule has 1 fully saturated rings. The maximum atomic E-state index is 11.7. The Bertz CT molecular complexity index is 600. The van der Waals surface area contributed by atoms with Gasteiger partial charge in [0.15, 0.2) is 0 Å². The quantitative estimate of drug-likeness (QED) is 0.593. The monoisotopic (exact) mass is 326 g/mol. The van der Waals surface area contributed by atoms with Crippen LogP contribution in [0.5, 0.6) is 0 Å². The molecule has 2 rings (SSSR count). The lowest BCUT2D eigenvalue weighted by Gasteiger charge is -2.23. The van der Waals surface area contributed by atoms with Crippen LogP contribution in [0, 0.1) is 5.92 Å². The topological polar surface area (TPSA) is 69.7 Å². The van der Waals surface area contributed by atoms with Crippen molar-refractivity contribution in [3.63, 3.8) is 0 Å². The van der Waals surface area contributed by atoms with Gasteiger partial charge in [-0.1, -0.05) is 25.0 Å². The fourth-order valence-corrected chi connectivity index (χ4v) is 3.52. The first-order valence-electron chi connectivity index (χ1n) is 7.56. The largest absolute Gasteiger partial charge is 0.462 e. The molecule has 1 atom stereocenters. The Balaban J connectivity index is 2.21. The van der Waals surface area contributed by atoms with E-state index in [9.17, 15) is 13.2 Å². The molecule has 1 aromatic rings. The molecule has 22 heavy (non-hydrogen) atoms. The van der Waals surface area contributed by atoms with Crippen LogP contribution in [0.25, 0.3) is 0 Å². The summed E-state index contributed by atoms with van der Waals surface area (Å²) in [6.45, 7) is 2.07. The summed E-state index contributed by atoms with van der Waals surface area (Å²) in [7, 11) is -3.54. The molecule has 1 aromatic carbocycles. The Hall–Kier alpha value is -1.40. The van der Waals surface area contributed by atoms with Crippen molar-refractivity contribution < 1.29 is 22.1 Å². The van der Waals surface area contributed by atoms with Crippen molar-refractivity contribution in [2.24, 2.45) is 5.92 Å². The fourth-order valence-electron chi connectivity index (χ4n) is 2.88. The summed E-state index contributed by atoms with van der Waals surface area (Å²) in [5.74, 6) is -0.182. The van der Waals surface area contributed by atoms with Gasteiger partial charge >= 0.3 is 5.97 Å². The zero-order chi connectivity index (χ0) is 16.2. The van der Waals surface area contributed by atoms with Crippen LogP contribution in [-0.4, -0.2) is 27.2 Å². The van der Waals surface area contributed by atoms with Gasteiger partial charge in [-0.2, -0.15) is 8.42 Å². The van der Waals surface area contributed by atoms with Crippen LogP contribution in [0.3, 0.4) is 0 Å². The van der Waals surface area contributed by atoms with Crippen molar-refractivity contribution in [1.82, 2.24) is 0 Å². The summed E-state index contributed by atoms with van der Waals surface area (Å²) >= 11 is 0. The average Bonchev–Trinajstić information content (AvgIpc) is 2.98. The van der Waals surface area contributed by atoms with Gasteiger partial charge in [-0.15, -0.1) is 0 Å². The second-order valence-electron chi connectivity index (χ2n) is 5.61. The van der Waals surface area contributed by atoms with Crippen LogP contribution in [0.1, 0.15) is 54.6 Å². The van der Waals surface area contributed by atoms with E-state index >= 15 is 0 Å². The molecule has 1 unspecified atom stereocenters. The minimum atomic E-state index is -3.54. The van der Waals surface area contributed by atoms with Gasteiger partial charge < -0.3 is 4.74 Å². The molecule has 1 saturated carbocycles. The van der Waals surface area contributed by atoms with E-state index in [2.05, 4.69) is 0 Å². The van der Waals surface area contributed by atoms with Crippen LogP contribution >= 0.6 is 0 Å². The zero-order valence-electron chi connectivity index (χ0n) is 12.9. The predicted octanol–water partition coefficient (Wildman–Crippen LogP) is 3.07. The van der Waals surface area contributed by atoms with E-state index in [1.807, 2.05) is 0 Å². The van der Waals surface area contributed by atoms with E-state index < -0.39 is 16.2 Å². The van der Waals surface area contributed by atoms with Crippen LogP contribution < -0.4 is 0 Å². The Labute approximate surface area is 131 Å². The van der Waals surface area contributed by atoms with Crippen molar-refractivity contribution in [3.8, 4) is 0 Å². The number of hydrogen-bond donors (Lipinski definition) is 0. The highest BCUT2D eigenvalue weighted by Crippen LogP contribution is 2.39. The lowest BCUT2D eigenvalue weighted by molar-refractivity contribution is 0.0526. The zero-order valence-corrected chi connectivity index (χ0v) is 13.8. The molecule has 0 radical (unpaired) electrons. The summed E-state index contributed by atoms with van der Waals surface area (Å²) in [5.41, 5.74) is 1.24. The number of esters is 1. The average molecular weight is 326 g/mol. The Kier molecular flexibility index (Phi) is 5.58. The van der Waals surface area contributed by atoms with E-state index in [1.165, 1.54) is 0 Å². The van der Waals surface area contributed by atoms with Crippen LogP contribution in [0.2, 0.25) is 0 Å². The number of carbonyl (C=O) groups is 1. The van der Waals surface area contributed by atoms with Crippen LogP contribution in [-0.2, 0) is 19.0 Å². The summed E-state index contributed by atoms with van der Waals surface area (Å²) in [6, 6.07) is 6.81. The lowest BCUT2D eigenvalue weighted by Crippen LogP contribution is -2.18. The number of rotatable bonds is 6. The Morgan fingerprint density at radius 2 is 1.82 bits per heavy atom. The third-order valence-corrected chi connectivity index (χ3v) is 4.41. The second kappa shape index (κ2) is 7.24. The first kappa shape index (κ1) is 17.0. The van der Waals surface area contributed by atoms with Gasteiger partial charge in [-0.3, -0.25) is 4.18 Å².